The van der Waals surface area contributed by atoms with E-state index in [2.05, 4.69) is 20.6 Å². The van der Waals surface area contributed by atoms with Crippen molar-refractivity contribution < 1.29 is 4.79 Å². The molecule has 2 rings (SSSR count). The first-order chi connectivity index (χ1) is 8.69. The first-order valence-electron chi connectivity index (χ1n) is 5.23. The molecule has 2 heterocycles. The third-order valence-electron chi connectivity index (χ3n) is 2.09. The maximum atomic E-state index is 11.8. The molecule has 0 aliphatic carbocycles. The van der Waals surface area contributed by atoms with Gasteiger partial charge in [0.25, 0.3) is 5.91 Å². The molecule has 0 unspecified atom stereocenters. The summed E-state index contributed by atoms with van der Waals surface area (Å²) in [6.07, 6.45) is 1.52. The molecule has 0 fully saturated rings. The smallest absolute Gasteiger partial charge is 0.278 e. The average molecular weight is 267 g/mol. The zero-order valence-electron chi connectivity index (χ0n) is 9.38. The molecule has 0 spiro atoms. The van der Waals surface area contributed by atoms with Gasteiger partial charge in [0.1, 0.15) is 11.0 Å². The van der Waals surface area contributed by atoms with Gasteiger partial charge in [-0.1, -0.05) is 22.9 Å². The lowest BCUT2D eigenvalue weighted by molar-refractivity contribution is 0.102. The number of rotatable bonds is 4. The van der Waals surface area contributed by atoms with Crippen LogP contribution in [0.4, 0.5) is 5.82 Å². The number of anilines is 1. The topological polar surface area (TPSA) is 98.7 Å². The largest absolute Gasteiger partial charge is 0.329 e. The van der Waals surface area contributed by atoms with Crippen LogP contribution in [0.2, 0.25) is 5.15 Å². The number of nitrogens with two attached hydrogens (primary N) is 1. The molecule has 94 valence electrons. The van der Waals surface area contributed by atoms with E-state index in [1.807, 2.05) is 0 Å². The fourth-order valence-electron chi connectivity index (χ4n) is 1.30. The lowest BCUT2D eigenvalue weighted by Crippen LogP contribution is -2.13. The van der Waals surface area contributed by atoms with Gasteiger partial charge in [0.05, 0.1) is 12.7 Å². The van der Waals surface area contributed by atoms with E-state index in [0.29, 0.717) is 24.1 Å². The number of carbonyl (C=O) groups excluding carboxylic acids is 1. The quantitative estimate of drug-likeness (QED) is 0.787. The van der Waals surface area contributed by atoms with Crippen molar-refractivity contribution in [1.29, 1.82) is 0 Å². The summed E-state index contributed by atoms with van der Waals surface area (Å²) >= 11 is 5.71. The summed E-state index contributed by atoms with van der Waals surface area (Å²) in [5.74, 6) is -0.0334. The molecular weight excluding hydrogens is 256 g/mol. The average Bonchev–Trinajstić information content (AvgIpc) is 2.78. The molecule has 0 saturated carbocycles. The molecule has 0 saturated heterocycles. The minimum Gasteiger partial charge on any atom is -0.329 e. The summed E-state index contributed by atoms with van der Waals surface area (Å²) in [6.45, 7) is 0.940. The Morgan fingerprint density at radius 3 is 3.06 bits per heavy atom. The Morgan fingerprint density at radius 1 is 1.50 bits per heavy atom. The van der Waals surface area contributed by atoms with Crippen molar-refractivity contribution in [2.45, 2.75) is 6.54 Å². The number of hydrogen-bond acceptors (Lipinski definition) is 5. The maximum absolute atomic E-state index is 11.8. The number of aromatic nitrogens is 4. The fourth-order valence-corrected chi connectivity index (χ4v) is 1.47. The number of carbonyl (C=O) groups is 1. The number of hydrogen-bond donors (Lipinski definition) is 2. The number of nitrogens with zero attached hydrogens (tertiary/aromatic N) is 4. The molecule has 0 aromatic carbocycles. The van der Waals surface area contributed by atoms with E-state index in [1.54, 1.807) is 18.2 Å². The highest BCUT2D eigenvalue weighted by molar-refractivity contribution is 6.29. The Morgan fingerprint density at radius 2 is 2.33 bits per heavy atom. The lowest BCUT2D eigenvalue weighted by Gasteiger charge is -2.01. The molecular formula is C10H11ClN6O. The van der Waals surface area contributed by atoms with Gasteiger partial charge < -0.3 is 11.1 Å². The normalized spacial score (nSPS) is 10.3. The van der Waals surface area contributed by atoms with Crippen LogP contribution in [0, 0.1) is 0 Å². The first-order valence-corrected chi connectivity index (χ1v) is 5.61. The van der Waals surface area contributed by atoms with Gasteiger partial charge in [0.2, 0.25) is 0 Å². The first kappa shape index (κ1) is 12.5. The fraction of sp³-hybridized carbons (Fsp3) is 0.200. The molecule has 3 N–H and O–H groups in total. The van der Waals surface area contributed by atoms with Crippen molar-refractivity contribution in [3.05, 3.63) is 35.2 Å². The molecule has 0 bridgehead atoms. The SMILES string of the molecule is NCCn1cc(C(=O)Nc2cccc(Cl)n2)nn1. The van der Waals surface area contributed by atoms with Crippen LogP contribution in [0.5, 0.6) is 0 Å². The van der Waals surface area contributed by atoms with E-state index in [4.69, 9.17) is 17.3 Å². The van der Waals surface area contributed by atoms with Gasteiger partial charge in [-0.25, -0.2) is 4.98 Å². The predicted molar refractivity (Wildman–Crippen MR) is 66.3 cm³/mol. The number of pyridine rings is 1. The molecule has 0 atom stereocenters. The Balaban J connectivity index is 2.07. The summed E-state index contributed by atoms with van der Waals surface area (Å²) in [4.78, 5) is 15.7. The molecule has 2 aromatic rings. The van der Waals surface area contributed by atoms with Gasteiger partial charge >= 0.3 is 0 Å². The monoisotopic (exact) mass is 266 g/mol. The Bertz CT molecular complexity index is 555. The van der Waals surface area contributed by atoms with E-state index in [0.717, 1.165) is 0 Å². The van der Waals surface area contributed by atoms with Crippen molar-refractivity contribution in [2.75, 3.05) is 11.9 Å². The van der Waals surface area contributed by atoms with Crippen LogP contribution in [0.15, 0.2) is 24.4 Å². The predicted octanol–water partition coefficient (Wildman–Crippen LogP) is 0.537. The molecule has 1 amide bonds. The second-order valence-electron chi connectivity index (χ2n) is 3.46. The van der Waals surface area contributed by atoms with Gasteiger partial charge in [-0.2, -0.15) is 0 Å². The van der Waals surface area contributed by atoms with Gasteiger partial charge in [-0.15, -0.1) is 5.10 Å². The minimum absolute atomic E-state index is 0.199. The second kappa shape index (κ2) is 5.56. The van der Waals surface area contributed by atoms with Crippen LogP contribution >= 0.6 is 11.6 Å². The van der Waals surface area contributed by atoms with E-state index < -0.39 is 5.91 Å². The zero-order valence-corrected chi connectivity index (χ0v) is 10.1. The summed E-state index contributed by atoms with van der Waals surface area (Å²) in [5, 5.41) is 10.4. The van der Waals surface area contributed by atoms with Crippen LogP contribution in [-0.4, -0.2) is 32.4 Å². The summed E-state index contributed by atoms with van der Waals surface area (Å²) in [7, 11) is 0. The Kier molecular flexibility index (Phi) is 3.85. The van der Waals surface area contributed by atoms with Gasteiger partial charge in [-0.3, -0.25) is 9.48 Å². The molecule has 0 radical (unpaired) electrons. The third kappa shape index (κ3) is 3.02. The molecule has 2 aromatic heterocycles. The number of amides is 1. The molecule has 18 heavy (non-hydrogen) atoms. The number of nitrogens with one attached hydrogen (secondary N) is 1. The molecule has 0 aliphatic heterocycles. The highest BCUT2D eigenvalue weighted by Crippen LogP contribution is 2.10. The second-order valence-corrected chi connectivity index (χ2v) is 3.84. The van der Waals surface area contributed by atoms with Crippen molar-refractivity contribution in [3.8, 4) is 0 Å². The van der Waals surface area contributed by atoms with E-state index in [9.17, 15) is 4.79 Å². The van der Waals surface area contributed by atoms with E-state index in [1.165, 1.54) is 10.9 Å². The number of halogens is 1. The van der Waals surface area contributed by atoms with Crippen molar-refractivity contribution >= 4 is 23.3 Å². The van der Waals surface area contributed by atoms with Crippen molar-refractivity contribution in [1.82, 2.24) is 20.0 Å². The van der Waals surface area contributed by atoms with Crippen LogP contribution < -0.4 is 11.1 Å². The summed E-state index contributed by atoms with van der Waals surface area (Å²) in [5.41, 5.74) is 5.57. The van der Waals surface area contributed by atoms with Crippen molar-refractivity contribution in [2.24, 2.45) is 5.73 Å². The molecule has 8 heteroatoms. The van der Waals surface area contributed by atoms with E-state index in [-0.39, 0.29) is 5.69 Å². The standard InChI is InChI=1S/C10H11ClN6O/c11-8-2-1-3-9(13-8)14-10(18)7-6-17(5-4-12)16-15-7/h1-3,6H,4-5,12H2,(H,13,14,18). The van der Waals surface area contributed by atoms with Crippen LogP contribution in [0.1, 0.15) is 10.5 Å². The highest BCUT2D eigenvalue weighted by atomic mass is 35.5. The van der Waals surface area contributed by atoms with Gasteiger partial charge in [0, 0.05) is 6.54 Å². The summed E-state index contributed by atoms with van der Waals surface area (Å²) in [6, 6.07) is 4.94. The van der Waals surface area contributed by atoms with Crippen LogP contribution in [0.3, 0.4) is 0 Å². The summed E-state index contributed by atoms with van der Waals surface area (Å²) < 4.78 is 1.50. The zero-order chi connectivity index (χ0) is 13.0. The third-order valence-corrected chi connectivity index (χ3v) is 2.30. The van der Waals surface area contributed by atoms with E-state index >= 15 is 0 Å². The van der Waals surface area contributed by atoms with Crippen LogP contribution in [0.25, 0.3) is 0 Å². The molecule has 0 aliphatic rings. The Labute approximate surface area is 108 Å². The Hall–Kier alpha value is -1.99. The lowest BCUT2D eigenvalue weighted by atomic mass is 10.4. The van der Waals surface area contributed by atoms with Crippen LogP contribution in [-0.2, 0) is 6.54 Å². The maximum Gasteiger partial charge on any atom is 0.278 e. The van der Waals surface area contributed by atoms with Crippen molar-refractivity contribution in [3.63, 3.8) is 0 Å². The van der Waals surface area contributed by atoms with Gasteiger partial charge in [0.15, 0.2) is 5.69 Å². The molecule has 7 nitrogen and oxygen atoms in total. The van der Waals surface area contributed by atoms with Gasteiger partial charge in [-0.05, 0) is 12.1 Å². The minimum atomic E-state index is -0.395. The highest BCUT2D eigenvalue weighted by Gasteiger charge is 2.11.